The minimum absolute atomic E-state index is 0.0183. The van der Waals surface area contributed by atoms with E-state index in [1.807, 2.05) is 6.20 Å². The number of nitrogens with zero attached hydrogens (tertiary/aromatic N) is 3. The van der Waals surface area contributed by atoms with Crippen LogP contribution in [0.1, 0.15) is 42.2 Å². The number of piperidine rings is 2. The molecule has 3 heterocycles. The highest BCUT2D eigenvalue weighted by molar-refractivity contribution is 5.92. The second-order valence-electron chi connectivity index (χ2n) is 7.08. The molecule has 2 aliphatic heterocycles. The Morgan fingerprint density at radius 1 is 1.27 bits per heavy atom. The first-order valence-corrected chi connectivity index (χ1v) is 9.50. The second kappa shape index (κ2) is 9.14. The number of likely N-dealkylation sites (tertiary alicyclic amines) is 1. The molecular weight excluding hydrogens is 334 g/mol. The Morgan fingerprint density at radius 2 is 2.00 bits per heavy atom. The number of carbonyl (C=O) groups is 2. The van der Waals surface area contributed by atoms with Crippen LogP contribution in [-0.4, -0.2) is 72.7 Å². The standard InChI is InChI=1S/C18H29N5O3/c1-26-18(25)14-4-9-22(10-5-14)11-8-20-17(24)16-12-23(13-21-16)15-2-6-19-7-3-15/h12-15,19H,2-11H2,1H3,(H,20,24). The summed E-state index contributed by atoms with van der Waals surface area (Å²) in [6, 6.07) is 0.432. The van der Waals surface area contributed by atoms with Gasteiger partial charge in [0.25, 0.3) is 5.91 Å². The Bertz CT molecular complexity index is 604. The topological polar surface area (TPSA) is 88.5 Å². The number of nitrogens with one attached hydrogen (secondary N) is 2. The molecule has 26 heavy (non-hydrogen) atoms. The van der Waals surface area contributed by atoms with Crippen LogP contribution in [0.4, 0.5) is 0 Å². The number of hydrogen-bond donors (Lipinski definition) is 2. The molecule has 0 spiro atoms. The molecule has 2 fully saturated rings. The predicted octanol–water partition coefficient (Wildman–Crippen LogP) is 0.422. The van der Waals surface area contributed by atoms with Gasteiger partial charge in [-0.05, 0) is 51.9 Å². The number of methoxy groups -OCH3 is 1. The smallest absolute Gasteiger partial charge is 0.308 e. The van der Waals surface area contributed by atoms with Crippen molar-refractivity contribution in [1.82, 2.24) is 25.1 Å². The average Bonchev–Trinajstić information content (AvgIpc) is 3.19. The first-order valence-electron chi connectivity index (χ1n) is 9.50. The van der Waals surface area contributed by atoms with E-state index in [4.69, 9.17) is 4.74 Å². The third-order valence-corrected chi connectivity index (χ3v) is 5.40. The van der Waals surface area contributed by atoms with E-state index < -0.39 is 0 Å². The molecule has 2 N–H and O–H groups in total. The zero-order chi connectivity index (χ0) is 18.4. The summed E-state index contributed by atoms with van der Waals surface area (Å²) >= 11 is 0. The second-order valence-corrected chi connectivity index (χ2v) is 7.08. The molecule has 8 heteroatoms. The minimum atomic E-state index is -0.123. The quantitative estimate of drug-likeness (QED) is 0.713. The van der Waals surface area contributed by atoms with E-state index in [-0.39, 0.29) is 17.8 Å². The van der Waals surface area contributed by atoms with Gasteiger partial charge in [-0.3, -0.25) is 9.59 Å². The summed E-state index contributed by atoms with van der Waals surface area (Å²) in [6.07, 6.45) is 7.40. The van der Waals surface area contributed by atoms with Crippen LogP contribution < -0.4 is 10.6 Å². The van der Waals surface area contributed by atoms with Gasteiger partial charge in [-0.2, -0.15) is 0 Å². The molecule has 0 aliphatic carbocycles. The summed E-state index contributed by atoms with van der Waals surface area (Å²) in [6.45, 7) is 5.12. The fraction of sp³-hybridized carbons (Fsp3) is 0.722. The molecule has 1 aromatic heterocycles. The van der Waals surface area contributed by atoms with E-state index in [2.05, 4.69) is 25.1 Å². The van der Waals surface area contributed by atoms with E-state index in [9.17, 15) is 9.59 Å². The van der Waals surface area contributed by atoms with Crippen molar-refractivity contribution in [2.75, 3.05) is 46.4 Å². The van der Waals surface area contributed by atoms with Crippen molar-refractivity contribution in [3.63, 3.8) is 0 Å². The fourth-order valence-electron chi connectivity index (χ4n) is 3.74. The Hall–Kier alpha value is -1.93. The fourth-order valence-corrected chi connectivity index (χ4v) is 3.74. The van der Waals surface area contributed by atoms with Gasteiger partial charge in [0.1, 0.15) is 5.69 Å². The van der Waals surface area contributed by atoms with Crippen molar-refractivity contribution in [2.45, 2.75) is 31.7 Å². The summed E-state index contributed by atoms with van der Waals surface area (Å²) in [5.74, 6) is -0.214. The van der Waals surface area contributed by atoms with Crippen molar-refractivity contribution in [1.29, 1.82) is 0 Å². The van der Waals surface area contributed by atoms with Crippen molar-refractivity contribution >= 4 is 11.9 Å². The van der Waals surface area contributed by atoms with Crippen LogP contribution in [0, 0.1) is 5.92 Å². The number of rotatable bonds is 6. The summed E-state index contributed by atoms with van der Waals surface area (Å²) in [7, 11) is 1.44. The molecule has 0 bridgehead atoms. The van der Waals surface area contributed by atoms with Crippen molar-refractivity contribution < 1.29 is 14.3 Å². The highest BCUT2D eigenvalue weighted by Crippen LogP contribution is 2.19. The highest BCUT2D eigenvalue weighted by atomic mass is 16.5. The van der Waals surface area contributed by atoms with Gasteiger partial charge in [0.2, 0.25) is 0 Å². The lowest BCUT2D eigenvalue weighted by molar-refractivity contribution is -0.147. The van der Waals surface area contributed by atoms with Crippen LogP contribution in [-0.2, 0) is 9.53 Å². The maximum absolute atomic E-state index is 12.3. The normalized spacial score (nSPS) is 20.0. The number of hydrogen-bond acceptors (Lipinski definition) is 6. The molecular formula is C18H29N5O3. The van der Waals surface area contributed by atoms with Gasteiger partial charge in [-0.25, -0.2) is 4.98 Å². The number of esters is 1. The van der Waals surface area contributed by atoms with Crippen LogP contribution in [0.2, 0.25) is 0 Å². The van der Waals surface area contributed by atoms with E-state index in [0.29, 0.717) is 18.3 Å². The number of carbonyl (C=O) groups excluding carboxylic acids is 2. The van der Waals surface area contributed by atoms with Crippen molar-refractivity contribution in [3.8, 4) is 0 Å². The van der Waals surface area contributed by atoms with Gasteiger partial charge in [-0.1, -0.05) is 0 Å². The highest BCUT2D eigenvalue weighted by Gasteiger charge is 2.25. The molecule has 0 radical (unpaired) electrons. The lowest BCUT2D eigenvalue weighted by atomic mass is 9.97. The number of imidazole rings is 1. The molecule has 0 unspecified atom stereocenters. The molecule has 0 atom stereocenters. The molecule has 2 aliphatic rings. The minimum Gasteiger partial charge on any atom is -0.469 e. The molecule has 0 aromatic carbocycles. The zero-order valence-electron chi connectivity index (χ0n) is 15.4. The molecule has 1 aromatic rings. The third kappa shape index (κ3) is 4.82. The van der Waals surface area contributed by atoms with Gasteiger partial charge in [-0.15, -0.1) is 0 Å². The first kappa shape index (κ1) is 18.8. The van der Waals surface area contributed by atoms with E-state index in [0.717, 1.165) is 58.4 Å². The maximum atomic E-state index is 12.3. The van der Waals surface area contributed by atoms with Gasteiger partial charge in [0.05, 0.1) is 19.4 Å². The molecule has 0 saturated carbocycles. The molecule has 3 rings (SSSR count). The zero-order valence-corrected chi connectivity index (χ0v) is 15.4. The largest absolute Gasteiger partial charge is 0.469 e. The van der Waals surface area contributed by atoms with Gasteiger partial charge < -0.3 is 24.8 Å². The van der Waals surface area contributed by atoms with E-state index in [1.165, 1.54) is 7.11 Å². The Morgan fingerprint density at radius 3 is 2.69 bits per heavy atom. The Kier molecular flexibility index (Phi) is 6.62. The monoisotopic (exact) mass is 363 g/mol. The molecule has 1 amide bonds. The Balaban J connectivity index is 1.38. The van der Waals surface area contributed by atoms with Gasteiger partial charge in [0.15, 0.2) is 0 Å². The van der Waals surface area contributed by atoms with Crippen LogP contribution in [0.15, 0.2) is 12.5 Å². The lowest BCUT2D eigenvalue weighted by Gasteiger charge is -2.30. The maximum Gasteiger partial charge on any atom is 0.308 e. The summed E-state index contributed by atoms with van der Waals surface area (Å²) in [4.78, 5) is 30.4. The number of amides is 1. The summed E-state index contributed by atoms with van der Waals surface area (Å²) in [5.41, 5.74) is 0.480. The van der Waals surface area contributed by atoms with E-state index in [1.54, 1.807) is 6.33 Å². The van der Waals surface area contributed by atoms with Gasteiger partial charge >= 0.3 is 5.97 Å². The van der Waals surface area contributed by atoms with E-state index >= 15 is 0 Å². The average molecular weight is 363 g/mol. The summed E-state index contributed by atoms with van der Waals surface area (Å²) < 4.78 is 6.87. The third-order valence-electron chi connectivity index (χ3n) is 5.40. The predicted molar refractivity (Wildman–Crippen MR) is 96.9 cm³/mol. The SMILES string of the molecule is COC(=O)C1CCN(CCNC(=O)c2cn(C3CCNCC3)cn2)CC1. The van der Waals surface area contributed by atoms with Crippen LogP contribution >= 0.6 is 0 Å². The van der Waals surface area contributed by atoms with Crippen LogP contribution in [0.5, 0.6) is 0 Å². The van der Waals surface area contributed by atoms with Crippen LogP contribution in [0.25, 0.3) is 0 Å². The molecule has 2 saturated heterocycles. The number of aromatic nitrogens is 2. The number of ether oxygens (including phenoxy) is 1. The molecule has 8 nitrogen and oxygen atoms in total. The Labute approximate surface area is 154 Å². The van der Waals surface area contributed by atoms with Crippen molar-refractivity contribution in [3.05, 3.63) is 18.2 Å². The summed E-state index contributed by atoms with van der Waals surface area (Å²) in [5, 5.41) is 6.29. The lowest BCUT2D eigenvalue weighted by Crippen LogP contribution is -2.41. The van der Waals surface area contributed by atoms with Crippen LogP contribution in [0.3, 0.4) is 0 Å². The van der Waals surface area contributed by atoms with Gasteiger partial charge in [0, 0.05) is 25.3 Å². The molecule has 144 valence electrons. The first-order chi connectivity index (χ1) is 12.7. The van der Waals surface area contributed by atoms with Crippen molar-refractivity contribution in [2.24, 2.45) is 5.92 Å².